The van der Waals surface area contributed by atoms with Crippen LogP contribution in [0.1, 0.15) is 38.9 Å². The summed E-state index contributed by atoms with van der Waals surface area (Å²) in [6, 6.07) is 7.92. The Hall–Kier alpha value is -3.49. The molecule has 0 atom stereocenters. The summed E-state index contributed by atoms with van der Waals surface area (Å²) in [6.45, 7) is 7.47. The fourth-order valence-corrected chi connectivity index (χ4v) is 3.74. The lowest BCUT2D eigenvalue weighted by Gasteiger charge is -2.33. The highest BCUT2D eigenvalue weighted by Crippen LogP contribution is 2.27. The molecular formula is C22H28N6O3. The van der Waals surface area contributed by atoms with E-state index in [1.807, 2.05) is 38.1 Å². The van der Waals surface area contributed by atoms with Crippen LogP contribution in [0.15, 0.2) is 35.3 Å². The normalized spacial score (nSPS) is 14.1. The molecule has 2 aromatic heterocycles. The molecule has 3 heterocycles. The molecule has 1 aliphatic heterocycles. The number of aryl methyl sites for hydroxylation is 1. The number of carboxylic acids is 1. The lowest BCUT2D eigenvalue weighted by Crippen LogP contribution is -2.34. The monoisotopic (exact) mass is 424 g/mol. The van der Waals surface area contributed by atoms with Crippen LogP contribution in [-0.4, -0.2) is 44.3 Å². The van der Waals surface area contributed by atoms with Gasteiger partial charge in [0.25, 0.3) is 5.56 Å². The first kappa shape index (κ1) is 22.2. The maximum atomic E-state index is 12.2. The van der Waals surface area contributed by atoms with Gasteiger partial charge in [0.2, 0.25) is 0 Å². The fraction of sp³-hybridized carbons (Fsp3) is 0.409. The van der Waals surface area contributed by atoms with Gasteiger partial charge in [0.15, 0.2) is 0 Å². The second-order valence-corrected chi connectivity index (χ2v) is 7.28. The molecule has 1 aliphatic rings. The number of hydrogen-bond acceptors (Lipinski definition) is 7. The number of piperidine rings is 1. The molecule has 9 heteroatoms. The number of aromatic nitrogens is 4. The van der Waals surface area contributed by atoms with Crippen LogP contribution in [0.2, 0.25) is 0 Å². The van der Waals surface area contributed by atoms with Crippen LogP contribution in [0, 0.1) is 12.8 Å². The maximum Gasteiger partial charge on any atom is 0.303 e. The average molecular weight is 425 g/mol. The first-order chi connectivity index (χ1) is 15.0. The summed E-state index contributed by atoms with van der Waals surface area (Å²) < 4.78 is 0. The van der Waals surface area contributed by atoms with E-state index in [4.69, 9.17) is 5.11 Å². The molecule has 0 bridgehead atoms. The third-order valence-electron chi connectivity index (χ3n) is 5.20. The van der Waals surface area contributed by atoms with Crippen LogP contribution in [0.5, 0.6) is 0 Å². The molecule has 31 heavy (non-hydrogen) atoms. The number of hydrogen-bond donors (Lipinski definition) is 3. The van der Waals surface area contributed by atoms with Gasteiger partial charge in [-0.1, -0.05) is 13.8 Å². The summed E-state index contributed by atoms with van der Waals surface area (Å²) in [5.41, 5.74) is 2.05. The van der Waals surface area contributed by atoms with E-state index in [0.717, 1.165) is 37.3 Å². The summed E-state index contributed by atoms with van der Waals surface area (Å²) in [4.78, 5) is 34.0. The van der Waals surface area contributed by atoms with Gasteiger partial charge in [0.05, 0.1) is 6.20 Å². The van der Waals surface area contributed by atoms with E-state index in [2.05, 4.69) is 30.4 Å². The highest BCUT2D eigenvalue weighted by atomic mass is 16.4. The van der Waals surface area contributed by atoms with Crippen LogP contribution in [0.4, 0.5) is 17.2 Å². The second kappa shape index (κ2) is 10.0. The molecule has 0 spiro atoms. The Morgan fingerprint density at radius 1 is 1.19 bits per heavy atom. The van der Waals surface area contributed by atoms with Crippen LogP contribution < -0.4 is 15.8 Å². The molecule has 1 saturated heterocycles. The van der Waals surface area contributed by atoms with Crippen molar-refractivity contribution in [1.82, 2.24) is 20.2 Å². The zero-order valence-electron chi connectivity index (χ0n) is 18.1. The van der Waals surface area contributed by atoms with Crippen LogP contribution in [-0.2, 0) is 4.79 Å². The van der Waals surface area contributed by atoms with Crippen molar-refractivity contribution >= 4 is 34.1 Å². The molecule has 3 aromatic rings. The van der Waals surface area contributed by atoms with Gasteiger partial charge in [0.1, 0.15) is 22.5 Å². The van der Waals surface area contributed by atoms with E-state index in [0.29, 0.717) is 22.5 Å². The minimum Gasteiger partial charge on any atom is -0.481 e. The van der Waals surface area contributed by atoms with E-state index in [1.54, 1.807) is 6.92 Å². The molecule has 1 fully saturated rings. The largest absolute Gasteiger partial charge is 0.481 e. The quantitative estimate of drug-likeness (QED) is 0.569. The zero-order chi connectivity index (χ0) is 22.4. The lowest BCUT2D eigenvalue weighted by atomic mass is 9.93. The summed E-state index contributed by atoms with van der Waals surface area (Å²) >= 11 is 0. The van der Waals surface area contributed by atoms with E-state index >= 15 is 0 Å². The molecule has 4 rings (SSSR count). The Morgan fingerprint density at radius 2 is 1.87 bits per heavy atom. The first-order valence-electron chi connectivity index (χ1n) is 10.6. The SMILES string of the molecule is CC.Cc1nc(Nc2ccc(N3CCC(CC(=O)O)CC3)cc2)c2c(=O)[nH]ncc2n1. The zero-order valence-corrected chi connectivity index (χ0v) is 18.1. The summed E-state index contributed by atoms with van der Waals surface area (Å²) in [7, 11) is 0. The molecule has 0 amide bonds. The average Bonchev–Trinajstić information content (AvgIpc) is 2.76. The third kappa shape index (κ3) is 5.36. The number of fused-ring (bicyclic) bond motifs is 1. The van der Waals surface area contributed by atoms with Crippen LogP contribution in [0.25, 0.3) is 10.9 Å². The number of carbonyl (C=O) groups is 1. The molecule has 0 saturated carbocycles. The van der Waals surface area contributed by atoms with Gasteiger partial charge in [-0.2, -0.15) is 5.10 Å². The van der Waals surface area contributed by atoms with E-state index < -0.39 is 5.97 Å². The number of anilines is 3. The fourth-order valence-electron chi connectivity index (χ4n) is 3.74. The highest BCUT2D eigenvalue weighted by molar-refractivity contribution is 5.89. The molecule has 164 valence electrons. The molecule has 3 N–H and O–H groups in total. The van der Waals surface area contributed by atoms with Gasteiger partial charge in [-0.3, -0.25) is 9.59 Å². The van der Waals surface area contributed by atoms with Crippen molar-refractivity contribution in [2.75, 3.05) is 23.3 Å². The Morgan fingerprint density at radius 3 is 2.52 bits per heavy atom. The van der Waals surface area contributed by atoms with Crippen molar-refractivity contribution in [2.45, 2.75) is 40.0 Å². The van der Waals surface area contributed by atoms with Gasteiger partial charge < -0.3 is 15.3 Å². The molecular weight excluding hydrogens is 396 g/mol. The third-order valence-corrected chi connectivity index (χ3v) is 5.20. The Labute approximate surface area is 180 Å². The smallest absolute Gasteiger partial charge is 0.303 e. The van der Waals surface area contributed by atoms with Crippen LogP contribution in [0.3, 0.4) is 0 Å². The lowest BCUT2D eigenvalue weighted by molar-refractivity contribution is -0.138. The molecule has 0 aliphatic carbocycles. The number of rotatable bonds is 5. The predicted octanol–water partition coefficient (Wildman–Crippen LogP) is 3.48. The van der Waals surface area contributed by atoms with Crippen molar-refractivity contribution in [3.05, 3.63) is 46.6 Å². The molecule has 0 unspecified atom stereocenters. The second-order valence-electron chi connectivity index (χ2n) is 7.28. The van der Waals surface area contributed by atoms with E-state index in [-0.39, 0.29) is 17.9 Å². The number of nitrogens with one attached hydrogen (secondary N) is 2. The number of aromatic amines is 1. The summed E-state index contributed by atoms with van der Waals surface area (Å²) in [5, 5.41) is 18.7. The van der Waals surface area contributed by atoms with Crippen molar-refractivity contribution in [3.63, 3.8) is 0 Å². The molecule has 0 radical (unpaired) electrons. The molecule has 1 aromatic carbocycles. The van der Waals surface area contributed by atoms with Gasteiger partial charge in [0, 0.05) is 30.9 Å². The number of aliphatic carboxylic acids is 1. The topological polar surface area (TPSA) is 124 Å². The standard InChI is InChI=1S/C20H22N6O3.C2H6/c1-12-22-16-11-21-25-20(29)18(16)19(23-12)24-14-2-4-15(5-3-14)26-8-6-13(7-9-26)10-17(27)28;1-2/h2-5,11,13H,6-10H2,1H3,(H,25,29)(H,27,28)(H,22,23,24);1-2H3. The highest BCUT2D eigenvalue weighted by Gasteiger charge is 2.21. The van der Waals surface area contributed by atoms with E-state index in [1.165, 1.54) is 6.20 Å². The van der Waals surface area contributed by atoms with E-state index in [9.17, 15) is 9.59 Å². The van der Waals surface area contributed by atoms with Crippen molar-refractivity contribution in [3.8, 4) is 0 Å². The number of nitrogens with zero attached hydrogens (tertiary/aromatic N) is 4. The van der Waals surface area contributed by atoms with Crippen molar-refractivity contribution < 1.29 is 9.90 Å². The summed E-state index contributed by atoms with van der Waals surface area (Å²) in [6.07, 6.45) is 3.52. The van der Waals surface area contributed by atoms with Gasteiger partial charge in [-0.05, 0) is 49.9 Å². The van der Waals surface area contributed by atoms with Crippen LogP contribution >= 0.6 is 0 Å². The van der Waals surface area contributed by atoms with Crippen molar-refractivity contribution in [1.29, 1.82) is 0 Å². The summed E-state index contributed by atoms with van der Waals surface area (Å²) in [5.74, 6) is 0.527. The Kier molecular flexibility index (Phi) is 7.17. The molecule has 9 nitrogen and oxygen atoms in total. The van der Waals surface area contributed by atoms with Gasteiger partial charge in [-0.25, -0.2) is 15.1 Å². The van der Waals surface area contributed by atoms with Crippen molar-refractivity contribution in [2.24, 2.45) is 5.92 Å². The van der Waals surface area contributed by atoms with Gasteiger partial charge in [-0.15, -0.1) is 0 Å². The maximum absolute atomic E-state index is 12.2. The van der Waals surface area contributed by atoms with Gasteiger partial charge >= 0.3 is 5.97 Å². The predicted molar refractivity (Wildman–Crippen MR) is 121 cm³/mol. The number of H-pyrrole nitrogens is 1. The minimum absolute atomic E-state index is 0.248. The Bertz CT molecular complexity index is 1090. The first-order valence-corrected chi connectivity index (χ1v) is 10.6. The Balaban J connectivity index is 0.00000132. The number of carboxylic acid groups (broad SMARTS) is 1. The number of benzene rings is 1. The minimum atomic E-state index is -0.721.